The molecule has 11 heteroatoms. The molecular weight excluding hydrogens is 248 g/mol. The van der Waals surface area contributed by atoms with Gasteiger partial charge in [0.1, 0.15) is 5.69 Å². The smallest absolute Gasteiger partial charge is 0.294 e. The fourth-order valence-corrected chi connectivity index (χ4v) is 0.875. The van der Waals surface area contributed by atoms with Gasteiger partial charge in [0.05, 0.1) is 4.92 Å². The van der Waals surface area contributed by atoms with Gasteiger partial charge in [-0.1, -0.05) is 12.1 Å². The summed E-state index contributed by atoms with van der Waals surface area (Å²) < 4.78 is 0. The average Bonchev–Trinajstić information content (AvgIpc) is 2.28. The van der Waals surface area contributed by atoms with E-state index in [0.717, 1.165) is 0 Å². The predicted octanol–water partition coefficient (Wildman–Crippen LogP) is -0.343. The van der Waals surface area contributed by atoms with Crippen LogP contribution < -0.4 is 17.0 Å². The molecular formula is C7H10N6O5. The van der Waals surface area contributed by atoms with Crippen molar-refractivity contribution in [2.75, 3.05) is 0 Å². The highest BCUT2D eigenvalue weighted by molar-refractivity contribution is 5.81. The number of hydrazine groups is 1. The van der Waals surface area contributed by atoms with Gasteiger partial charge >= 0.3 is 0 Å². The first-order chi connectivity index (χ1) is 8.38. The second-order valence-corrected chi connectivity index (χ2v) is 2.63. The first kappa shape index (κ1) is 15.0. The van der Waals surface area contributed by atoms with Crippen LogP contribution in [0.5, 0.6) is 0 Å². The molecule has 6 N–H and O–H groups in total. The van der Waals surface area contributed by atoms with Gasteiger partial charge in [-0.05, 0) is 6.07 Å². The number of rotatable bonds is 2. The van der Waals surface area contributed by atoms with Gasteiger partial charge in [0.25, 0.3) is 10.8 Å². The maximum Gasteiger partial charge on any atom is 0.294 e. The molecule has 0 heterocycles. The number of hydrogen-bond donors (Lipinski definition) is 4. The second-order valence-electron chi connectivity index (χ2n) is 2.63. The number of nitro benzene ring substituents is 1. The van der Waals surface area contributed by atoms with Crippen molar-refractivity contribution in [1.29, 1.82) is 0 Å². The van der Waals surface area contributed by atoms with Gasteiger partial charge in [0, 0.05) is 6.07 Å². The molecule has 0 saturated heterocycles. The Morgan fingerprint density at radius 2 is 1.83 bits per heavy atom. The maximum absolute atomic E-state index is 10.5. The molecule has 0 aromatic heterocycles. The predicted molar refractivity (Wildman–Crippen MR) is 60.5 cm³/mol. The Morgan fingerprint density at radius 3 is 2.28 bits per heavy atom. The highest BCUT2D eigenvalue weighted by atomic mass is 16.9. The lowest BCUT2D eigenvalue weighted by molar-refractivity contribution is -0.742. The van der Waals surface area contributed by atoms with Crippen LogP contribution in [0, 0.1) is 20.2 Å². The summed E-state index contributed by atoms with van der Waals surface area (Å²) in [6.07, 6.45) is 0. The number of para-hydroxylation sites is 2. The first-order valence-electron chi connectivity index (χ1n) is 4.26. The van der Waals surface area contributed by atoms with Crippen molar-refractivity contribution in [3.05, 3.63) is 44.5 Å². The van der Waals surface area contributed by atoms with Crippen molar-refractivity contribution in [1.82, 2.24) is 5.43 Å². The molecule has 98 valence electrons. The fourth-order valence-electron chi connectivity index (χ4n) is 0.875. The van der Waals surface area contributed by atoms with E-state index in [4.69, 9.17) is 26.9 Å². The van der Waals surface area contributed by atoms with Gasteiger partial charge in [-0.2, -0.15) is 0 Å². The molecule has 0 aliphatic rings. The van der Waals surface area contributed by atoms with Gasteiger partial charge in [0.2, 0.25) is 5.96 Å². The topological polar surface area (TPSA) is 183 Å². The molecule has 1 aromatic carbocycles. The SMILES string of the molecule is NNC(N)=Nc1ccccc1[N+](=O)[O-].O=[N+]([O-])O. The maximum atomic E-state index is 10.5. The Hall–Kier alpha value is -2.95. The Kier molecular flexibility index (Phi) is 6.14. The van der Waals surface area contributed by atoms with E-state index in [1.807, 2.05) is 0 Å². The van der Waals surface area contributed by atoms with Crippen LogP contribution >= 0.6 is 0 Å². The molecule has 0 radical (unpaired) electrons. The van der Waals surface area contributed by atoms with Crippen molar-refractivity contribution in [2.45, 2.75) is 0 Å². The molecule has 0 spiro atoms. The van der Waals surface area contributed by atoms with E-state index in [-0.39, 0.29) is 17.3 Å². The number of nitrogens with zero attached hydrogens (tertiary/aromatic N) is 3. The van der Waals surface area contributed by atoms with Gasteiger partial charge in [-0.25, -0.2) is 10.8 Å². The molecule has 1 aromatic rings. The highest BCUT2D eigenvalue weighted by Crippen LogP contribution is 2.25. The minimum absolute atomic E-state index is 0.0840. The monoisotopic (exact) mass is 258 g/mol. The minimum Gasteiger partial charge on any atom is -0.369 e. The molecule has 0 atom stereocenters. The van der Waals surface area contributed by atoms with Crippen molar-refractivity contribution in [3.63, 3.8) is 0 Å². The molecule has 0 aliphatic carbocycles. The average molecular weight is 258 g/mol. The van der Waals surface area contributed by atoms with E-state index in [9.17, 15) is 10.1 Å². The van der Waals surface area contributed by atoms with Crippen molar-refractivity contribution in [3.8, 4) is 0 Å². The molecule has 18 heavy (non-hydrogen) atoms. The Labute approximate surface area is 100.0 Å². The third kappa shape index (κ3) is 5.82. The quantitative estimate of drug-likeness (QED) is 0.182. The molecule has 0 saturated carbocycles. The summed E-state index contributed by atoms with van der Waals surface area (Å²) in [6, 6.07) is 5.98. The first-order valence-corrected chi connectivity index (χ1v) is 4.26. The van der Waals surface area contributed by atoms with Gasteiger partial charge < -0.3 is 10.9 Å². The lowest BCUT2D eigenvalue weighted by Gasteiger charge is -1.99. The van der Waals surface area contributed by atoms with Gasteiger partial charge in [-0.15, -0.1) is 10.1 Å². The number of guanidine groups is 1. The third-order valence-corrected chi connectivity index (χ3v) is 1.47. The molecule has 0 aliphatic heterocycles. The summed E-state index contributed by atoms with van der Waals surface area (Å²) in [6.45, 7) is 0. The molecule has 1 rings (SSSR count). The number of benzene rings is 1. The highest BCUT2D eigenvalue weighted by Gasteiger charge is 2.11. The zero-order chi connectivity index (χ0) is 14.1. The molecule has 0 fully saturated rings. The zero-order valence-corrected chi connectivity index (χ0v) is 8.89. The summed E-state index contributed by atoms with van der Waals surface area (Å²) in [5.41, 5.74) is 7.39. The van der Waals surface area contributed by atoms with Crippen LogP contribution in [0.2, 0.25) is 0 Å². The van der Waals surface area contributed by atoms with Gasteiger partial charge in [0.15, 0.2) is 0 Å². The van der Waals surface area contributed by atoms with Crippen LogP contribution in [0.25, 0.3) is 0 Å². The van der Waals surface area contributed by atoms with Crippen LogP contribution in [0.4, 0.5) is 11.4 Å². The summed E-state index contributed by atoms with van der Waals surface area (Å²) in [5.74, 6) is 4.89. The number of nitrogens with one attached hydrogen (secondary N) is 1. The fraction of sp³-hybridized carbons (Fsp3) is 0. The van der Waals surface area contributed by atoms with Crippen molar-refractivity contribution in [2.24, 2.45) is 16.6 Å². The number of hydrogen-bond acceptors (Lipinski definition) is 6. The van der Waals surface area contributed by atoms with Crippen LogP contribution in [0.1, 0.15) is 0 Å². The van der Waals surface area contributed by atoms with E-state index in [1.165, 1.54) is 12.1 Å². The third-order valence-electron chi connectivity index (χ3n) is 1.47. The number of nitro groups is 1. The summed E-state index contributed by atoms with van der Waals surface area (Å²) >= 11 is 0. The summed E-state index contributed by atoms with van der Waals surface area (Å²) in [4.78, 5) is 22.1. The van der Waals surface area contributed by atoms with Crippen LogP contribution in [0.3, 0.4) is 0 Å². The summed E-state index contributed by atoms with van der Waals surface area (Å²) in [5, 5.41) is 24.2. The lowest BCUT2D eigenvalue weighted by Crippen LogP contribution is -2.36. The van der Waals surface area contributed by atoms with E-state index >= 15 is 0 Å². The van der Waals surface area contributed by atoms with Crippen molar-refractivity contribution < 1.29 is 15.2 Å². The van der Waals surface area contributed by atoms with Crippen molar-refractivity contribution >= 4 is 17.3 Å². The van der Waals surface area contributed by atoms with E-state index in [0.29, 0.717) is 0 Å². The van der Waals surface area contributed by atoms with Crippen LogP contribution in [-0.2, 0) is 0 Å². The zero-order valence-electron chi connectivity index (χ0n) is 8.89. The molecule has 0 unspecified atom stereocenters. The Morgan fingerprint density at radius 1 is 1.33 bits per heavy atom. The molecule has 0 amide bonds. The van der Waals surface area contributed by atoms with E-state index in [2.05, 4.69) is 10.4 Å². The standard InChI is InChI=1S/C7H9N5O2.HNO3/c8-7(11-9)10-5-3-1-2-4-6(5)12(13)14;2-1(3)4/h1-4H,9H2,(H3,8,10,11);(H,2,3,4). The molecule has 0 bridgehead atoms. The largest absolute Gasteiger partial charge is 0.369 e. The Balaban J connectivity index is 0.000000631. The minimum atomic E-state index is -1.50. The van der Waals surface area contributed by atoms with Gasteiger partial charge in [-0.3, -0.25) is 15.5 Å². The Bertz CT molecular complexity index is 457. The number of nitrogens with two attached hydrogens (primary N) is 2. The normalized spacial score (nSPS) is 9.94. The van der Waals surface area contributed by atoms with E-state index in [1.54, 1.807) is 12.1 Å². The molecule has 11 nitrogen and oxygen atoms in total. The number of aliphatic imine (C=N–C) groups is 1. The lowest BCUT2D eigenvalue weighted by atomic mass is 10.3. The van der Waals surface area contributed by atoms with Crippen LogP contribution in [-0.4, -0.2) is 21.2 Å². The second kappa shape index (κ2) is 7.34. The van der Waals surface area contributed by atoms with E-state index < -0.39 is 10.0 Å². The van der Waals surface area contributed by atoms with Crippen LogP contribution in [0.15, 0.2) is 29.3 Å². The summed E-state index contributed by atoms with van der Waals surface area (Å²) in [7, 11) is 0.